The summed E-state index contributed by atoms with van der Waals surface area (Å²) in [5.41, 5.74) is 6.43. The minimum atomic E-state index is -5.08. The Morgan fingerprint density at radius 3 is 1.83 bits per heavy atom. The standard InChI is InChI=1S/C29H39N7O.3C2HF3O2/c1-19(2)16-34-9-7-24(8-10-34)35-11-5-21(6-12-35)22-13-20(3)27-25(14-22)32-28(33-27)23-15-26(37-4)29-30-18-31-36(29)17-23;3*3-2(4,5)1(6)7/h13-15,17-19,21,24H,5-12,16H2,1-4H3,(H,32,33);3*(H,6,7). The first-order valence-electron chi connectivity index (χ1n) is 17.6. The first kappa shape index (κ1) is 47.2. The fourth-order valence-electron chi connectivity index (χ4n) is 6.45. The number of carbonyl (C=O) groups is 3. The summed E-state index contributed by atoms with van der Waals surface area (Å²) in [7, 11) is 1.66. The number of fused-ring (bicyclic) bond motifs is 2. The highest BCUT2D eigenvalue weighted by Crippen LogP contribution is 2.34. The lowest BCUT2D eigenvalue weighted by Crippen LogP contribution is -2.48. The zero-order valence-corrected chi connectivity index (χ0v) is 31.5. The Morgan fingerprint density at radius 2 is 1.36 bits per heavy atom. The van der Waals surface area contributed by atoms with Crippen LogP contribution in [0.15, 0.2) is 30.7 Å². The number of aryl methyl sites for hydroxylation is 1. The van der Waals surface area contributed by atoms with Gasteiger partial charge in [-0.2, -0.15) is 44.6 Å². The highest BCUT2D eigenvalue weighted by molar-refractivity contribution is 5.83. The van der Waals surface area contributed by atoms with E-state index in [1.54, 1.807) is 11.6 Å². The summed E-state index contributed by atoms with van der Waals surface area (Å²) in [4.78, 5) is 44.9. The Balaban J connectivity index is 0.000000353. The van der Waals surface area contributed by atoms with E-state index >= 15 is 0 Å². The van der Waals surface area contributed by atoms with E-state index in [4.69, 9.17) is 39.4 Å². The number of hydrogen-bond acceptors (Lipinski definition) is 9. The van der Waals surface area contributed by atoms with Crippen LogP contribution in [-0.4, -0.2) is 132 Å². The second kappa shape index (κ2) is 19.5. The van der Waals surface area contributed by atoms with Gasteiger partial charge in [0.1, 0.15) is 12.2 Å². The molecule has 4 N–H and O–H groups in total. The molecule has 2 aliphatic rings. The number of rotatable bonds is 6. The summed E-state index contributed by atoms with van der Waals surface area (Å²) in [5.74, 6) is -5.39. The fraction of sp³-hybridized carbons (Fsp3) is 0.543. The van der Waals surface area contributed by atoms with E-state index in [0.29, 0.717) is 17.3 Å². The molecular weight excluding hydrogens is 801 g/mol. The smallest absolute Gasteiger partial charge is 0.490 e. The zero-order chi connectivity index (χ0) is 43.7. The molecule has 2 aliphatic heterocycles. The molecule has 1 aromatic carbocycles. The third kappa shape index (κ3) is 13.5. The van der Waals surface area contributed by atoms with Gasteiger partial charge in [0.25, 0.3) is 0 Å². The molecule has 0 unspecified atom stereocenters. The van der Waals surface area contributed by atoms with Crippen LogP contribution in [0.5, 0.6) is 5.75 Å². The number of halogens is 9. The number of ether oxygens (including phenoxy) is 1. The first-order valence-corrected chi connectivity index (χ1v) is 17.6. The van der Waals surface area contributed by atoms with E-state index in [1.165, 1.54) is 75.9 Å². The third-order valence-corrected chi connectivity index (χ3v) is 9.06. The monoisotopic (exact) mass is 843 g/mol. The molecule has 0 atom stereocenters. The summed E-state index contributed by atoms with van der Waals surface area (Å²) < 4.78 is 102. The van der Waals surface area contributed by atoms with Crippen molar-refractivity contribution < 1.29 is 74.0 Å². The van der Waals surface area contributed by atoms with E-state index in [-0.39, 0.29) is 0 Å². The average Bonchev–Trinajstić information content (AvgIpc) is 3.79. The number of imidazole rings is 1. The molecule has 0 spiro atoms. The lowest BCUT2D eigenvalue weighted by Gasteiger charge is -2.42. The predicted octanol–water partition coefficient (Wildman–Crippen LogP) is 6.79. The molecule has 14 nitrogen and oxygen atoms in total. The Kier molecular flexibility index (Phi) is 15.9. The molecule has 322 valence electrons. The number of methoxy groups -OCH3 is 1. The minimum Gasteiger partial charge on any atom is -0.493 e. The van der Waals surface area contributed by atoms with Crippen LogP contribution >= 0.6 is 0 Å². The lowest BCUT2D eigenvalue weighted by molar-refractivity contribution is -0.193. The van der Waals surface area contributed by atoms with Crippen LogP contribution in [0.4, 0.5) is 39.5 Å². The normalized spacial score (nSPS) is 16.2. The number of hydrogen-bond donors (Lipinski definition) is 4. The van der Waals surface area contributed by atoms with Crippen LogP contribution < -0.4 is 4.74 Å². The number of aromatic nitrogens is 5. The van der Waals surface area contributed by atoms with Gasteiger partial charge in [0, 0.05) is 24.3 Å². The van der Waals surface area contributed by atoms with Gasteiger partial charge in [-0.3, -0.25) is 0 Å². The van der Waals surface area contributed by atoms with Crippen molar-refractivity contribution in [2.75, 3.05) is 39.8 Å². The van der Waals surface area contributed by atoms with Crippen molar-refractivity contribution in [3.05, 3.63) is 41.9 Å². The number of benzene rings is 1. The van der Waals surface area contributed by atoms with Crippen molar-refractivity contribution in [1.82, 2.24) is 34.4 Å². The summed E-state index contributed by atoms with van der Waals surface area (Å²) in [6, 6.07) is 7.43. The maximum atomic E-state index is 10.6. The number of nitrogens with one attached hydrogen (secondary N) is 1. The van der Waals surface area contributed by atoms with Crippen molar-refractivity contribution >= 4 is 34.6 Å². The van der Waals surface area contributed by atoms with E-state index in [1.807, 2.05) is 12.3 Å². The van der Waals surface area contributed by atoms with Gasteiger partial charge in [0.05, 0.1) is 18.1 Å². The number of piperidine rings is 2. The fourth-order valence-corrected chi connectivity index (χ4v) is 6.45. The summed E-state index contributed by atoms with van der Waals surface area (Å²) >= 11 is 0. The molecule has 3 aromatic heterocycles. The number of carboxylic acid groups (broad SMARTS) is 3. The maximum absolute atomic E-state index is 10.6. The number of H-pyrrole nitrogens is 1. The number of nitrogens with zero attached hydrogens (tertiary/aromatic N) is 6. The topological polar surface area (TPSA) is 186 Å². The third-order valence-electron chi connectivity index (χ3n) is 9.06. The minimum absolute atomic E-state index is 0.610. The van der Waals surface area contributed by atoms with Gasteiger partial charge < -0.3 is 34.8 Å². The van der Waals surface area contributed by atoms with Gasteiger partial charge in [-0.25, -0.2) is 28.9 Å². The molecule has 2 fully saturated rings. The van der Waals surface area contributed by atoms with Gasteiger partial charge >= 0.3 is 36.4 Å². The van der Waals surface area contributed by atoms with Crippen molar-refractivity contribution in [3.8, 4) is 17.1 Å². The van der Waals surface area contributed by atoms with Gasteiger partial charge in [0.15, 0.2) is 11.4 Å². The molecule has 0 aliphatic carbocycles. The molecule has 5 heterocycles. The van der Waals surface area contributed by atoms with Crippen molar-refractivity contribution in [2.45, 2.75) is 76.9 Å². The van der Waals surface area contributed by atoms with Crippen LogP contribution in [0.25, 0.3) is 28.1 Å². The van der Waals surface area contributed by atoms with Gasteiger partial charge in [-0.05, 0) is 93.9 Å². The van der Waals surface area contributed by atoms with E-state index < -0.39 is 36.4 Å². The number of aliphatic carboxylic acids is 3. The molecule has 6 rings (SSSR count). The van der Waals surface area contributed by atoms with Crippen molar-refractivity contribution in [3.63, 3.8) is 0 Å². The maximum Gasteiger partial charge on any atom is 0.490 e. The van der Waals surface area contributed by atoms with Gasteiger partial charge in [-0.15, -0.1) is 0 Å². The van der Waals surface area contributed by atoms with E-state index in [2.05, 4.69) is 57.8 Å². The lowest BCUT2D eigenvalue weighted by atomic mass is 9.87. The number of pyridine rings is 1. The molecule has 23 heteroatoms. The second-order valence-electron chi connectivity index (χ2n) is 13.8. The van der Waals surface area contributed by atoms with Crippen LogP contribution in [0, 0.1) is 12.8 Å². The Hall–Kier alpha value is -5.19. The van der Waals surface area contributed by atoms with Crippen molar-refractivity contribution in [1.29, 1.82) is 0 Å². The number of carboxylic acids is 3. The molecule has 4 aromatic rings. The van der Waals surface area contributed by atoms with Crippen LogP contribution in [0.3, 0.4) is 0 Å². The molecule has 0 radical (unpaired) electrons. The van der Waals surface area contributed by atoms with Gasteiger partial charge in [-0.1, -0.05) is 19.9 Å². The Bertz CT molecular complexity index is 1940. The molecular formula is C35H42F9N7O7. The first-order chi connectivity index (χ1) is 26.8. The number of likely N-dealkylation sites (tertiary alicyclic amines) is 2. The predicted molar refractivity (Wildman–Crippen MR) is 188 cm³/mol. The molecule has 0 saturated carbocycles. The molecule has 58 heavy (non-hydrogen) atoms. The van der Waals surface area contributed by atoms with Crippen molar-refractivity contribution in [2.24, 2.45) is 5.92 Å². The molecule has 0 bridgehead atoms. The Labute approximate surface area is 324 Å². The van der Waals surface area contributed by atoms with E-state index in [0.717, 1.165) is 34.4 Å². The number of aromatic amines is 1. The van der Waals surface area contributed by atoms with Crippen LogP contribution in [0.1, 0.15) is 56.6 Å². The highest BCUT2D eigenvalue weighted by Gasteiger charge is 2.39. The Morgan fingerprint density at radius 1 is 0.845 bits per heavy atom. The largest absolute Gasteiger partial charge is 0.493 e. The second-order valence-corrected chi connectivity index (χ2v) is 13.8. The average molecular weight is 844 g/mol. The molecule has 0 amide bonds. The summed E-state index contributed by atoms with van der Waals surface area (Å²) in [5, 5.41) is 25.7. The van der Waals surface area contributed by atoms with Gasteiger partial charge in [0.2, 0.25) is 0 Å². The SMILES string of the molecule is COc1cc(-c2nc3c(C)cc(C4CCN(C5CCN(CC(C)C)CC5)CC4)cc3[nH]2)cn2ncnc12.O=C(O)C(F)(F)F.O=C(O)C(F)(F)F.O=C(O)C(F)(F)F. The highest BCUT2D eigenvalue weighted by atomic mass is 19.4. The zero-order valence-electron chi connectivity index (χ0n) is 31.5. The molecule has 2 saturated heterocycles. The summed E-state index contributed by atoms with van der Waals surface area (Å²) in [6.07, 6.45) is -6.65. The quantitative estimate of drug-likeness (QED) is 0.149. The summed E-state index contributed by atoms with van der Waals surface area (Å²) in [6.45, 7) is 13.0. The number of alkyl halides is 9. The van der Waals surface area contributed by atoms with E-state index in [9.17, 15) is 39.5 Å². The van der Waals surface area contributed by atoms with Crippen LogP contribution in [-0.2, 0) is 14.4 Å². The van der Waals surface area contributed by atoms with Crippen LogP contribution in [0.2, 0.25) is 0 Å².